The lowest BCUT2D eigenvalue weighted by Crippen LogP contribution is -2.09. The predicted octanol–water partition coefficient (Wildman–Crippen LogP) is 4.37. The summed E-state index contributed by atoms with van der Waals surface area (Å²) >= 11 is 19.3. The summed E-state index contributed by atoms with van der Waals surface area (Å²) in [5.41, 5.74) is 0. The number of ether oxygens (including phenoxy) is 1. The monoisotopic (exact) mass is 254 g/mol. The summed E-state index contributed by atoms with van der Waals surface area (Å²) in [6.45, 7) is 8.17. The van der Waals surface area contributed by atoms with Crippen LogP contribution in [0.15, 0.2) is 0 Å². The molecule has 0 aliphatic carbocycles. The van der Waals surface area contributed by atoms with E-state index in [0.29, 0.717) is 12.2 Å². The molecular weight excluding hydrogens is 242 g/mol. The zero-order chi connectivity index (χ0) is 10.4. The molecule has 0 saturated heterocycles. The van der Waals surface area contributed by atoms with Gasteiger partial charge >= 0.3 is 0 Å². The molecule has 12 heavy (non-hydrogen) atoms. The standard InChI is InChI=1S/C6H14O.CCl4/c1-5(2)7-6(3)4;2-1(3,4)5/h5-6H,1-4H3;. The van der Waals surface area contributed by atoms with Crippen molar-refractivity contribution in [2.75, 3.05) is 0 Å². The molecule has 0 aromatic heterocycles. The molecule has 0 heterocycles. The number of alkyl halides is 4. The van der Waals surface area contributed by atoms with Crippen LogP contribution in [-0.4, -0.2) is 15.5 Å². The van der Waals surface area contributed by atoms with Gasteiger partial charge in [-0.15, -0.1) is 0 Å². The summed E-state index contributed by atoms with van der Waals surface area (Å²) in [7, 11) is 0. The molecule has 0 radical (unpaired) electrons. The summed E-state index contributed by atoms with van der Waals surface area (Å²) in [6.07, 6.45) is 0.750. The van der Waals surface area contributed by atoms with Crippen LogP contribution in [0.1, 0.15) is 27.7 Å². The van der Waals surface area contributed by atoms with Gasteiger partial charge in [0, 0.05) is 0 Å². The largest absolute Gasteiger partial charge is 0.376 e. The molecule has 0 atom stereocenters. The fourth-order valence-electron chi connectivity index (χ4n) is 0.544. The molecule has 0 aromatic carbocycles. The Kier molecular flexibility index (Phi) is 9.76. The Morgan fingerprint density at radius 2 is 1.00 bits per heavy atom. The zero-order valence-electron chi connectivity index (χ0n) is 7.57. The normalized spacial score (nSPS) is 11.5. The van der Waals surface area contributed by atoms with Crippen LogP contribution in [-0.2, 0) is 4.74 Å². The van der Waals surface area contributed by atoms with Crippen LogP contribution in [0, 0.1) is 0 Å². The van der Waals surface area contributed by atoms with E-state index in [1.54, 1.807) is 0 Å². The highest BCUT2D eigenvalue weighted by molar-refractivity contribution is 6.83. The number of hydrogen-bond donors (Lipinski definition) is 0. The van der Waals surface area contributed by atoms with Crippen LogP contribution in [0.5, 0.6) is 0 Å². The average Bonchev–Trinajstić information content (AvgIpc) is 1.52. The average molecular weight is 256 g/mol. The second-order valence-electron chi connectivity index (χ2n) is 2.66. The molecule has 0 saturated carbocycles. The van der Waals surface area contributed by atoms with Crippen molar-refractivity contribution < 1.29 is 4.74 Å². The van der Waals surface area contributed by atoms with E-state index in [9.17, 15) is 0 Å². The molecule has 0 amide bonds. The second-order valence-corrected chi connectivity index (χ2v) is 6.09. The Hall–Kier alpha value is 1.12. The summed E-state index contributed by atoms with van der Waals surface area (Å²) < 4.78 is 3.64. The van der Waals surface area contributed by atoms with Crippen LogP contribution in [0.3, 0.4) is 0 Å². The molecule has 0 spiro atoms. The van der Waals surface area contributed by atoms with Gasteiger partial charge in [0.05, 0.1) is 12.2 Å². The van der Waals surface area contributed by atoms with Gasteiger partial charge < -0.3 is 4.74 Å². The predicted molar refractivity (Wildman–Crippen MR) is 57.5 cm³/mol. The molecule has 0 aliphatic heterocycles. The minimum absolute atomic E-state index is 0.375. The minimum Gasteiger partial charge on any atom is -0.376 e. The van der Waals surface area contributed by atoms with Crippen molar-refractivity contribution >= 4 is 46.4 Å². The first-order valence-corrected chi connectivity index (χ1v) is 5.05. The van der Waals surface area contributed by atoms with E-state index in [-0.39, 0.29) is 0 Å². The minimum atomic E-state index is -1.61. The number of halogens is 4. The van der Waals surface area contributed by atoms with E-state index in [4.69, 9.17) is 51.1 Å². The van der Waals surface area contributed by atoms with E-state index in [0.717, 1.165) is 0 Å². The van der Waals surface area contributed by atoms with Crippen LogP contribution in [0.2, 0.25) is 0 Å². The van der Waals surface area contributed by atoms with Gasteiger partial charge in [-0.1, -0.05) is 46.4 Å². The summed E-state index contributed by atoms with van der Waals surface area (Å²) in [4.78, 5) is 0. The fraction of sp³-hybridized carbons (Fsp3) is 1.00. The van der Waals surface area contributed by atoms with Crippen molar-refractivity contribution in [3.05, 3.63) is 0 Å². The molecule has 0 bridgehead atoms. The lowest BCUT2D eigenvalue weighted by molar-refractivity contribution is 0.0300. The third-order valence-corrected chi connectivity index (χ3v) is 0.544. The van der Waals surface area contributed by atoms with Gasteiger partial charge in [-0.05, 0) is 27.7 Å². The van der Waals surface area contributed by atoms with Gasteiger partial charge in [-0.2, -0.15) is 0 Å². The molecule has 0 N–H and O–H groups in total. The highest BCUT2D eigenvalue weighted by Crippen LogP contribution is 2.29. The van der Waals surface area contributed by atoms with Gasteiger partial charge in [0.15, 0.2) is 0 Å². The third-order valence-electron chi connectivity index (χ3n) is 0.544. The Balaban J connectivity index is 0. The SMILES string of the molecule is CC(C)OC(C)C.ClC(Cl)(Cl)Cl. The first-order valence-electron chi connectivity index (χ1n) is 3.54. The van der Waals surface area contributed by atoms with Gasteiger partial charge in [0.2, 0.25) is 0 Å². The third kappa shape index (κ3) is 43.4. The van der Waals surface area contributed by atoms with E-state index >= 15 is 0 Å². The molecule has 0 aromatic rings. The van der Waals surface area contributed by atoms with E-state index in [1.807, 2.05) is 27.7 Å². The van der Waals surface area contributed by atoms with Crippen molar-refractivity contribution in [3.63, 3.8) is 0 Å². The summed E-state index contributed by atoms with van der Waals surface area (Å²) in [5, 5.41) is 0. The molecule has 0 rings (SSSR count). The lowest BCUT2D eigenvalue weighted by atomic mass is 10.4. The quantitative estimate of drug-likeness (QED) is 0.666. The van der Waals surface area contributed by atoms with Gasteiger partial charge in [0.25, 0.3) is 3.25 Å². The van der Waals surface area contributed by atoms with Gasteiger partial charge in [-0.25, -0.2) is 0 Å². The van der Waals surface area contributed by atoms with E-state index in [2.05, 4.69) is 0 Å². The smallest absolute Gasteiger partial charge is 0.266 e. The van der Waals surface area contributed by atoms with Crippen molar-refractivity contribution in [2.45, 2.75) is 43.2 Å². The summed E-state index contributed by atoms with van der Waals surface area (Å²) in [5.74, 6) is 0. The van der Waals surface area contributed by atoms with Crippen molar-refractivity contribution in [1.82, 2.24) is 0 Å². The first kappa shape index (κ1) is 15.6. The Labute approximate surface area is 94.3 Å². The maximum absolute atomic E-state index is 5.25. The van der Waals surface area contributed by atoms with Gasteiger partial charge in [-0.3, -0.25) is 0 Å². The zero-order valence-corrected chi connectivity index (χ0v) is 10.6. The maximum atomic E-state index is 5.25. The van der Waals surface area contributed by atoms with E-state index in [1.165, 1.54) is 0 Å². The molecule has 0 unspecified atom stereocenters. The highest BCUT2D eigenvalue weighted by Gasteiger charge is 2.11. The fourth-order valence-corrected chi connectivity index (χ4v) is 0.544. The van der Waals surface area contributed by atoms with Crippen LogP contribution >= 0.6 is 46.4 Å². The molecule has 0 aliphatic rings. The first-order chi connectivity index (χ1) is 5.13. The summed E-state index contributed by atoms with van der Waals surface area (Å²) in [6, 6.07) is 0. The molecule has 76 valence electrons. The van der Waals surface area contributed by atoms with Crippen molar-refractivity contribution in [3.8, 4) is 0 Å². The molecule has 0 fully saturated rings. The number of rotatable bonds is 2. The molecule has 5 heteroatoms. The molecule has 1 nitrogen and oxygen atoms in total. The van der Waals surface area contributed by atoms with Crippen LogP contribution in [0.25, 0.3) is 0 Å². The van der Waals surface area contributed by atoms with Gasteiger partial charge in [0.1, 0.15) is 0 Å². The van der Waals surface area contributed by atoms with Crippen LogP contribution in [0.4, 0.5) is 0 Å². The van der Waals surface area contributed by atoms with Crippen molar-refractivity contribution in [2.24, 2.45) is 0 Å². The van der Waals surface area contributed by atoms with E-state index < -0.39 is 3.25 Å². The lowest BCUT2D eigenvalue weighted by Gasteiger charge is -2.09. The van der Waals surface area contributed by atoms with Crippen LogP contribution < -0.4 is 0 Å². The highest BCUT2D eigenvalue weighted by atomic mass is 35.6. The van der Waals surface area contributed by atoms with Crippen molar-refractivity contribution in [1.29, 1.82) is 0 Å². The Bertz CT molecular complexity index is 86.1. The molecular formula is C7H14Cl4O. The number of hydrogen-bond acceptors (Lipinski definition) is 1. The second kappa shape index (κ2) is 7.52. The Morgan fingerprint density at radius 3 is 1.00 bits per heavy atom. The Morgan fingerprint density at radius 1 is 0.833 bits per heavy atom. The maximum Gasteiger partial charge on any atom is 0.266 e. The topological polar surface area (TPSA) is 9.23 Å².